The van der Waals surface area contributed by atoms with Crippen LogP contribution in [0.2, 0.25) is 0 Å². The van der Waals surface area contributed by atoms with Crippen molar-refractivity contribution in [3.05, 3.63) is 50.9 Å². The fourth-order valence-corrected chi connectivity index (χ4v) is 2.63. The van der Waals surface area contributed by atoms with E-state index in [4.69, 9.17) is 0 Å². The molecule has 84 valence electrons. The Morgan fingerprint density at radius 3 is 2.75 bits per heavy atom. The lowest BCUT2D eigenvalue weighted by molar-refractivity contribution is -0.673. The third kappa shape index (κ3) is 3.68. The average molecular weight is 408 g/mol. The van der Waals surface area contributed by atoms with Gasteiger partial charge in [0.2, 0.25) is 5.69 Å². The van der Waals surface area contributed by atoms with Crippen molar-refractivity contribution >= 4 is 39.4 Å². The highest BCUT2D eigenvalue weighted by Crippen LogP contribution is 2.21. The lowest BCUT2D eigenvalue weighted by atomic mass is 10.3. The fourth-order valence-electron chi connectivity index (χ4n) is 1.29. The molecule has 0 spiro atoms. The van der Waals surface area contributed by atoms with Gasteiger partial charge in [-0.05, 0) is 34.1 Å². The Bertz CT molecular complexity index is 493. The zero-order valence-electron chi connectivity index (χ0n) is 8.73. The lowest BCUT2D eigenvalue weighted by Gasteiger charge is -1.91. The van der Waals surface area contributed by atoms with E-state index in [9.17, 15) is 0 Å². The van der Waals surface area contributed by atoms with Gasteiger partial charge in [-0.25, -0.2) is 4.57 Å². The first-order chi connectivity index (χ1) is 7.25. The predicted octanol–water partition coefficient (Wildman–Crippen LogP) is 0.509. The Labute approximate surface area is 125 Å². The van der Waals surface area contributed by atoms with Crippen LogP contribution in [-0.4, -0.2) is 0 Å². The number of aryl methyl sites for hydroxylation is 1. The van der Waals surface area contributed by atoms with Gasteiger partial charge in [-0.15, -0.1) is 11.3 Å². The Kier molecular flexibility index (Phi) is 5.64. The van der Waals surface area contributed by atoms with E-state index in [1.165, 1.54) is 10.6 Å². The molecule has 0 radical (unpaired) electrons. The molecule has 0 unspecified atom stereocenters. The second kappa shape index (κ2) is 6.51. The summed E-state index contributed by atoms with van der Waals surface area (Å²) in [6.07, 6.45) is 6.30. The van der Waals surface area contributed by atoms with E-state index in [1.54, 1.807) is 11.3 Å². The Hall–Kier alpha value is -0.200. The standard InChI is InChI=1S/C12H11BrNS.HI/c1-14-7-3-2-4-11(14)5-6-12-8-10(13)9-15-12;/h2-9H,1H3;1H/q+1;/p-1/b6-5+;. The lowest BCUT2D eigenvalue weighted by Crippen LogP contribution is -3.00. The first-order valence-electron chi connectivity index (χ1n) is 4.62. The largest absolute Gasteiger partial charge is 1.00 e. The van der Waals surface area contributed by atoms with Crippen LogP contribution in [0.5, 0.6) is 0 Å². The van der Waals surface area contributed by atoms with Crippen LogP contribution in [-0.2, 0) is 7.05 Å². The highest BCUT2D eigenvalue weighted by atomic mass is 127. The molecular weight excluding hydrogens is 397 g/mol. The summed E-state index contributed by atoms with van der Waals surface area (Å²) >= 11 is 5.18. The van der Waals surface area contributed by atoms with Crippen LogP contribution in [0.3, 0.4) is 0 Å². The van der Waals surface area contributed by atoms with Gasteiger partial charge in [-0.1, -0.05) is 0 Å². The number of hydrogen-bond acceptors (Lipinski definition) is 1. The van der Waals surface area contributed by atoms with Crippen molar-refractivity contribution in [3.8, 4) is 0 Å². The molecule has 2 aromatic rings. The molecule has 2 rings (SSSR count). The molecule has 4 heteroatoms. The van der Waals surface area contributed by atoms with Crippen LogP contribution >= 0.6 is 27.3 Å². The minimum Gasteiger partial charge on any atom is -1.00 e. The third-order valence-electron chi connectivity index (χ3n) is 2.10. The smallest absolute Gasteiger partial charge is 0.204 e. The number of rotatable bonds is 2. The zero-order chi connectivity index (χ0) is 10.7. The molecule has 1 nitrogen and oxygen atoms in total. The second-order valence-electron chi connectivity index (χ2n) is 3.24. The van der Waals surface area contributed by atoms with Gasteiger partial charge in [0, 0.05) is 32.9 Å². The molecule has 2 aromatic heterocycles. The summed E-state index contributed by atoms with van der Waals surface area (Å²) in [7, 11) is 2.05. The normalized spacial score (nSPS) is 10.4. The van der Waals surface area contributed by atoms with E-state index >= 15 is 0 Å². The molecule has 0 aromatic carbocycles. The van der Waals surface area contributed by atoms with Crippen LogP contribution in [0.15, 0.2) is 40.3 Å². The maximum absolute atomic E-state index is 3.44. The third-order valence-corrected chi connectivity index (χ3v) is 3.76. The molecule has 0 amide bonds. The number of nitrogens with zero attached hydrogens (tertiary/aromatic N) is 1. The van der Waals surface area contributed by atoms with Gasteiger partial charge in [0.25, 0.3) is 0 Å². The Balaban J connectivity index is 0.00000128. The SMILES string of the molecule is C[n+]1ccccc1/C=C/c1cc(Br)cs1.[I-]. The van der Waals surface area contributed by atoms with Crippen LogP contribution < -0.4 is 28.5 Å². The summed E-state index contributed by atoms with van der Waals surface area (Å²) < 4.78 is 3.24. The maximum Gasteiger partial charge on any atom is 0.204 e. The molecule has 0 aliphatic heterocycles. The number of aromatic nitrogens is 1. The van der Waals surface area contributed by atoms with Crippen molar-refractivity contribution in [1.29, 1.82) is 0 Å². The molecular formula is C12H11BrINS. The number of hydrogen-bond donors (Lipinski definition) is 0. The van der Waals surface area contributed by atoms with E-state index in [2.05, 4.69) is 50.2 Å². The average Bonchev–Trinajstić information content (AvgIpc) is 2.63. The topological polar surface area (TPSA) is 3.88 Å². The van der Waals surface area contributed by atoms with Crippen molar-refractivity contribution in [1.82, 2.24) is 0 Å². The number of thiophene rings is 1. The van der Waals surface area contributed by atoms with Gasteiger partial charge >= 0.3 is 0 Å². The van der Waals surface area contributed by atoms with E-state index in [-0.39, 0.29) is 24.0 Å². The molecule has 2 heterocycles. The van der Waals surface area contributed by atoms with E-state index in [1.807, 2.05) is 25.4 Å². The molecule has 0 fully saturated rings. The zero-order valence-corrected chi connectivity index (χ0v) is 13.3. The Morgan fingerprint density at radius 1 is 1.31 bits per heavy atom. The van der Waals surface area contributed by atoms with Crippen LogP contribution in [0.1, 0.15) is 10.6 Å². The van der Waals surface area contributed by atoms with E-state index < -0.39 is 0 Å². The van der Waals surface area contributed by atoms with Crippen molar-refractivity contribution in [3.63, 3.8) is 0 Å². The maximum atomic E-state index is 3.44. The van der Waals surface area contributed by atoms with Crippen LogP contribution in [0, 0.1) is 0 Å². The summed E-state index contributed by atoms with van der Waals surface area (Å²) in [5, 5.41) is 2.09. The molecule has 0 aliphatic carbocycles. The van der Waals surface area contributed by atoms with Gasteiger partial charge in [0.05, 0.1) is 0 Å². The highest BCUT2D eigenvalue weighted by molar-refractivity contribution is 9.10. The van der Waals surface area contributed by atoms with E-state index in [0.717, 1.165) is 4.47 Å². The van der Waals surface area contributed by atoms with Crippen LogP contribution in [0.4, 0.5) is 0 Å². The van der Waals surface area contributed by atoms with Crippen LogP contribution in [0.25, 0.3) is 12.2 Å². The molecule has 0 saturated carbocycles. The van der Waals surface area contributed by atoms with Gasteiger partial charge < -0.3 is 24.0 Å². The molecule has 0 atom stereocenters. The van der Waals surface area contributed by atoms with Gasteiger partial charge in [0.1, 0.15) is 7.05 Å². The molecule has 0 bridgehead atoms. The minimum atomic E-state index is 0. The molecule has 0 aliphatic rings. The van der Waals surface area contributed by atoms with Crippen molar-refractivity contribution in [2.45, 2.75) is 0 Å². The summed E-state index contributed by atoms with van der Waals surface area (Å²) in [5.41, 5.74) is 1.20. The van der Waals surface area contributed by atoms with Crippen molar-refractivity contribution in [2.24, 2.45) is 7.05 Å². The van der Waals surface area contributed by atoms with Crippen molar-refractivity contribution < 1.29 is 28.5 Å². The number of halogens is 2. The molecule has 0 saturated heterocycles. The van der Waals surface area contributed by atoms with Gasteiger partial charge in [0.15, 0.2) is 6.20 Å². The Morgan fingerprint density at radius 2 is 2.12 bits per heavy atom. The fraction of sp³-hybridized carbons (Fsp3) is 0.0833. The van der Waals surface area contributed by atoms with Gasteiger partial charge in [-0.2, -0.15) is 0 Å². The monoisotopic (exact) mass is 407 g/mol. The highest BCUT2D eigenvalue weighted by Gasteiger charge is 1.99. The van der Waals surface area contributed by atoms with Crippen molar-refractivity contribution in [2.75, 3.05) is 0 Å². The minimum absolute atomic E-state index is 0. The predicted molar refractivity (Wildman–Crippen MR) is 68.6 cm³/mol. The quantitative estimate of drug-likeness (QED) is 0.504. The summed E-state index contributed by atoms with van der Waals surface area (Å²) in [6, 6.07) is 8.28. The summed E-state index contributed by atoms with van der Waals surface area (Å²) in [5.74, 6) is 0. The molecule has 0 N–H and O–H groups in total. The van der Waals surface area contributed by atoms with E-state index in [0.29, 0.717) is 0 Å². The van der Waals surface area contributed by atoms with Gasteiger partial charge in [-0.3, -0.25) is 0 Å². The summed E-state index contributed by atoms with van der Waals surface area (Å²) in [4.78, 5) is 1.26. The first-order valence-corrected chi connectivity index (χ1v) is 6.30. The second-order valence-corrected chi connectivity index (χ2v) is 5.10. The first kappa shape index (κ1) is 13.9. The molecule has 16 heavy (non-hydrogen) atoms. The summed E-state index contributed by atoms with van der Waals surface area (Å²) in [6.45, 7) is 0. The number of pyridine rings is 1.